The molecular formula is C20H22ClNO2S. The summed E-state index contributed by atoms with van der Waals surface area (Å²) in [4.78, 5) is 14.4. The van der Waals surface area contributed by atoms with Gasteiger partial charge in [0, 0.05) is 29.8 Å². The Morgan fingerprint density at radius 3 is 2.60 bits per heavy atom. The van der Waals surface area contributed by atoms with Crippen molar-refractivity contribution in [1.29, 1.82) is 0 Å². The molecule has 1 fully saturated rings. The minimum atomic E-state index is 0.231. The number of hydrogen-bond donors (Lipinski definition) is 0. The molecule has 3 nitrogen and oxygen atoms in total. The molecule has 0 N–H and O–H groups in total. The molecule has 1 atom stereocenters. The number of nitrogens with zero attached hydrogens (tertiary/aromatic N) is 1. The predicted octanol–water partition coefficient (Wildman–Crippen LogP) is 4.60. The monoisotopic (exact) mass is 375 g/mol. The van der Waals surface area contributed by atoms with Gasteiger partial charge in [-0.15, -0.1) is 11.8 Å². The van der Waals surface area contributed by atoms with E-state index in [1.165, 1.54) is 11.1 Å². The Hall–Kier alpha value is -1.65. The number of carbonyl (C=O) groups excluding carboxylic acids is 1. The summed E-state index contributed by atoms with van der Waals surface area (Å²) in [5, 5.41) is 0.742. The van der Waals surface area contributed by atoms with Crippen molar-refractivity contribution in [2.45, 2.75) is 18.1 Å². The summed E-state index contributed by atoms with van der Waals surface area (Å²) in [5.74, 6) is 2.88. The molecule has 1 aliphatic heterocycles. The van der Waals surface area contributed by atoms with Crippen LogP contribution < -0.4 is 4.74 Å². The van der Waals surface area contributed by atoms with E-state index < -0.39 is 0 Å². The zero-order chi connectivity index (χ0) is 17.6. The summed E-state index contributed by atoms with van der Waals surface area (Å²) in [6, 6.07) is 16.0. The van der Waals surface area contributed by atoms with Crippen molar-refractivity contribution >= 4 is 29.3 Å². The Morgan fingerprint density at radius 1 is 1.20 bits per heavy atom. The van der Waals surface area contributed by atoms with Gasteiger partial charge in [-0.2, -0.15) is 0 Å². The first kappa shape index (κ1) is 18.2. The van der Waals surface area contributed by atoms with Gasteiger partial charge in [-0.1, -0.05) is 35.9 Å². The van der Waals surface area contributed by atoms with Gasteiger partial charge in [0.2, 0.25) is 5.91 Å². The molecule has 2 aromatic carbocycles. The first-order valence-electron chi connectivity index (χ1n) is 8.39. The number of hydrogen-bond acceptors (Lipinski definition) is 3. The fourth-order valence-corrected chi connectivity index (χ4v) is 4.08. The van der Waals surface area contributed by atoms with Crippen LogP contribution in [0, 0.1) is 0 Å². The third-order valence-corrected chi connectivity index (χ3v) is 5.78. The number of carbonyl (C=O) groups is 1. The highest BCUT2D eigenvalue weighted by molar-refractivity contribution is 7.99. The molecule has 2 aromatic rings. The summed E-state index contributed by atoms with van der Waals surface area (Å²) >= 11 is 7.55. The van der Waals surface area contributed by atoms with Gasteiger partial charge in [0.25, 0.3) is 0 Å². The maximum absolute atomic E-state index is 12.4. The van der Waals surface area contributed by atoms with Crippen molar-refractivity contribution in [2.75, 3.05) is 26.0 Å². The summed E-state index contributed by atoms with van der Waals surface area (Å²) in [5.41, 5.74) is 2.48. The second-order valence-corrected chi connectivity index (χ2v) is 7.64. The quantitative estimate of drug-likeness (QED) is 0.739. The van der Waals surface area contributed by atoms with Crippen LogP contribution in [-0.4, -0.2) is 36.8 Å². The molecular weight excluding hydrogens is 354 g/mol. The first-order valence-corrected chi connectivity index (χ1v) is 9.93. The third kappa shape index (κ3) is 4.93. The average molecular weight is 376 g/mol. The number of benzene rings is 2. The van der Waals surface area contributed by atoms with Crippen molar-refractivity contribution in [1.82, 2.24) is 4.90 Å². The number of likely N-dealkylation sites (tertiary alicyclic amines) is 1. The van der Waals surface area contributed by atoms with Crippen molar-refractivity contribution in [3.63, 3.8) is 0 Å². The van der Waals surface area contributed by atoms with Crippen LogP contribution in [0.4, 0.5) is 0 Å². The molecule has 1 amide bonds. The molecule has 25 heavy (non-hydrogen) atoms. The molecule has 132 valence electrons. The maximum Gasteiger partial charge on any atom is 0.232 e. The lowest BCUT2D eigenvalue weighted by molar-refractivity contribution is -0.127. The van der Waals surface area contributed by atoms with Gasteiger partial charge in [0.05, 0.1) is 12.9 Å². The molecule has 0 aromatic heterocycles. The largest absolute Gasteiger partial charge is 0.497 e. The van der Waals surface area contributed by atoms with Crippen LogP contribution in [-0.2, 0) is 10.5 Å². The van der Waals surface area contributed by atoms with Gasteiger partial charge in [-0.3, -0.25) is 4.79 Å². The van der Waals surface area contributed by atoms with Crippen molar-refractivity contribution in [3.05, 3.63) is 64.7 Å². The van der Waals surface area contributed by atoms with Crippen LogP contribution in [0.1, 0.15) is 23.5 Å². The van der Waals surface area contributed by atoms with Crippen molar-refractivity contribution < 1.29 is 9.53 Å². The Bertz CT molecular complexity index is 703. The number of amides is 1. The van der Waals surface area contributed by atoms with E-state index in [2.05, 4.69) is 12.1 Å². The van der Waals surface area contributed by atoms with E-state index >= 15 is 0 Å². The molecule has 3 rings (SSSR count). The smallest absolute Gasteiger partial charge is 0.232 e. The van der Waals surface area contributed by atoms with Crippen molar-refractivity contribution in [3.8, 4) is 5.75 Å². The van der Waals surface area contributed by atoms with Gasteiger partial charge in [0.1, 0.15) is 5.75 Å². The predicted molar refractivity (Wildman–Crippen MR) is 105 cm³/mol. The number of ether oxygens (including phenoxy) is 1. The SMILES string of the molecule is COc1ccc(C2CCN(C(=O)CSCc3ccc(Cl)cc3)C2)cc1. The first-order chi connectivity index (χ1) is 12.2. The minimum absolute atomic E-state index is 0.231. The molecule has 0 saturated carbocycles. The Kier molecular flexibility index (Phi) is 6.27. The minimum Gasteiger partial charge on any atom is -0.497 e. The van der Waals surface area contributed by atoms with Gasteiger partial charge in [-0.05, 0) is 41.8 Å². The molecule has 0 bridgehead atoms. The number of halogens is 1. The zero-order valence-electron chi connectivity index (χ0n) is 14.3. The van der Waals surface area contributed by atoms with E-state index in [0.717, 1.165) is 36.0 Å². The van der Waals surface area contributed by atoms with Crippen LogP contribution in [0.3, 0.4) is 0 Å². The number of thioether (sulfide) groups is 1. The van der Waals surface area contributed by atoms with Crippen LogP contribution >= 0.6 is 23.4 Å². The second-order valence-electron chi connectivity index (χ2n) is 6.22. The Morgan fingerprint density at radius 2 is 1.92 bits per heavy atom. The van der Waals surface area contributed by atoms with E-state index in [1.807, 2.05) is 41.3 Å². The van der Waals surface area contributed by atoms with Crippen LogP contribution in [0.2, 0.25) is 5.02 Å². The van der Waals surface area contributed by atoms with Gasteiger partial charge < -0.3 is 9.64 Å². The Balaban J connectivity index is 1.46. The molecule has 0 radical (unpaired) electrons. The van der Waals surface area contributed by atoms with E-state index in [4.69, 9.17) is 16.3 Å². The third-order valence-electron chi connectivity index (χ3n) is 4.54. The zero-order valence-corrected chi connectivity index (χ0v) is 15.9. The molecule has 0 aliphatic carbocycles. The second kappa shape index (κ2) is 8.63. The summed E-state index contributed by atoms with van der Waals surface area (Å²) in [6.07, 6.45) is 1.03. The van der Waals surface area contributed by atoms with Crippen LogP contribution in [0.15, 0.2) is 48.5 Å². The summed E-state index contributed by atoms with van der Waals surface area (Å²) in [6.45, 7) is 1.66. The molecule has 1 saturated heterocycles. The fraction of sp³-hybridized carbons (Fsp3) is 0.350. The highest BCUT2D eigenvalue weighted by Gasteiger charge is 2.27. The number of rotatable bonds is 6. The fourth-order valence-electron chi connectivity index (χ4n) is 3.06. The van der Waals surface area contributed by atoms with Crippen LogP contribution in [0.25, 0.3) is 0 Å². The van der Waals surface area contributed by atoms with Crippen molar-refractivity contribution in [2.24, 2.45) is 0 Å². The normalized spacial score (nSPS) is 16.9. The molecule has 0 spiro atoms. The molecule has 5 heteroatoms. The van der Waals surface area contributed by atoms with Gasteiger partial charge >= 0.3 is 0 Å². The maximum atomic E-state index is 12.4. The summed E-state index contributed by atoms with van der Waals surface area (Å²) in [7, 11) is 1.67. The van der Waals surface area contributed by atoms with E-state index in [-0.39, 0.29) is 5.91 Å². The summed E-state index contributed by atoms with van der Waals surface area (Å²) < 4.78 is 5.20. The van der Waals surface area contributed by atoms with E-state index in [0.29, 0.717) is 11.7 Å². The lowest BCUT2D eigenvalue weighted by Gasteiger charge is -2.16. The average Bonchev–Trinajstić information content (AvgIpc) is 3.13. The lowest BCUT2D eigenvalue weighted by Crippen LogP contribution is -2.30. The van der Waals surface area contributed by atoms with Gasteiger partial charge in [0.15, 0.2) is 0 Å². The molecule has 1 unspecified atom stereocenters. The lowest BCUT2D eigenvalue weighted by atomic mass is 9.98. The van der Waals surface area contributed by atoms with E-state index in [1.54, 1.807) is 18.9 Å². The molecule has 1 aliphatic rings. The molecule has 1 heterocycles. The standard InChI is InChI=1S/C20H22ClNO2S/c1-24-19-8-4-16(5-9-19)17-10-11-22(12-17)20(23)14-25-13-15-2-6-18(21)7-3-15/h2-9,17H,10-14H2,1H3. The highest BCUT2D eigenvalue weighted by Crippen LogP contribution is 2.29. The van der Waals surface area contributed by atoms with Gasteiger partial charge in [-0.25, -0.2) is 0 Å². The Labute approximate surface area is 158 Å². The highest BCUT2D eigenvalue weighted by atomic mass is 35.5. The van der Waals surface area contributed by atoms with Crippen LogP contribution in [0.5, 0.6) is 5.75 Å². The topological polar surface area (TPSA) is 29.5 Å². The van der Waals surface area contributed by atoms with E-state index in [9.17, 15) is 4.79 Å². The number of methoxy groups -OCH3 is 1.